The summed E-state index contributed by atoms with van der Waals surface area (Å²) in [5.41, 5.74) is 3.17. The van der Waals surface area contributed by atoms with Gasteiger partial charge in [-0.15, -0.1) is 0 Å². The summed E-state index contributed by atoms with van der Waals surface area (Å²) in [6, 6.07) is 15.6. The Morgan fingerprint density at radius 1 is 1.13 bits per heavy atom. The molecule has 0 aromatic heterocycles. The zero-order valence-electron chi connectivity index (χ0n) is 18.3. The van der Waals surface area contributed by atoms with Crippen LogP contribution in [0.2, 0.25) is 0 Å². The lowest BCUT2D eigenvalue weighted by Gasteiger charge is -2.42. The van der Waals surface area contributed by atoms with Crippen LogP contribution >= 0.6 is 0 Å². The molecule has 1 heterocycles. The summed E-state index contributed by atoms with van der Waals surface area (Å²) in [5, 5.41) is 7.17. The SMILES string of the molecule is CCCNC[C@@H]1C#C[CH][C@@H]2c3cc(C(C)(F)F)ccc3N[C@@H](c3ccccc3)[C@@H]2CC1. The number of fused-ring (bicyclic) bond motifs is 3. The predicted octanol–water partition coefficient (Wildman–Crippen LogP) is 6.28. The first-order valence-electron chi connectivity index (χ1n) is 11.4. The van der Waals surface area contributed by atoms with Gasteiger partial charge in [-0.3, -0.25) is 0 Å². The van der Waals surface area contributed by atoms with Crippen LogP contribution in [0.1, 0.15) is 61.8 Å². The summed E-state index contributed by atoms with van der Waals surface area (Å²) in [5.74, 6) is 4.46. The number of anilines is 1. The van der Waals surface area contributed by atoms with Crippen molar-refractivity contribution in [3.05, 3.63) is 71.6 Å². The average Bonchev–Trinajstić information content (AvgIpc) is 2.74. The van der Waals surface area contributed by atoms with E-state index in [1.807, 2.05) is 12.1 Å². The fourth-order valence-corrected chi connectivity index (χ4v) is 4.83. The molecule has 4 rings (SSSR count). The van der Waals surface area contributed by atoms with Gasteiger partial charge in [0, 0.05) is 43.0 Å². The fraction of sp³-hybridized carbons (Fsp3) is 0.444. The Morgan fingerprint density at radius 2 is 1.94 bits per heavy atom. The van der Waals surface area contributed by atoms with Gasteiger partial charge >= 0.3 is 0 Å². The van der Waals surface area contributed by atoms with Crippen molar-refractivity contribution < 1.29 is 8.78 Å². The van der Waals surface area contributed by atoms with E-state index in [0.717, 1.165) is 50.5 Å². The molecule has 4 atom stereocenters. The molecule has 0 saturated carbocycles. The number of alkyl halides is 2. The first-order valence-corrected chi connectivity index (χ1v) is 11.4. The molecule has 2 aliphatic rings. The molecule has 2 aromatic rings. The van der Waals surface area contributed by atoms with E-state index in [4.69, 9.17) is 0 Å². The molecule has 2 nitrogen and oxygen atoms in total. The maximum Gasteiger partial charge on any atom is 0.270 e. The van der Waals surface area contributed by atoms with Crippen molar-refractivity contribution >= 4 is 5.69 Å². The molecule has 163 valence electrons. The molecular formula is C27H31F2N2. The molecule has 2 aromatic carbocycles. The normalized spacial score (nSPS) is 25.2. The van der Waals surface area contributed by atoms with Crippen molar-refractivity contribution in [2.75, 3.05) is 18.4 Å². The largest absolute Gasteiger partial charge is 0.378 e. The van der Waals surface area contributed by atoms with Crippen molar-refractivity contribution in [2.45, 2.75) is 51.0 Å². The van der Waals surface area contributed by atoms with E-state index < -0.39 is 5.92 Å². The zero-order valence-corrected chi connectivity index (χ0v) is 18.3. The highest BCUT2D eigenvalue weighted by Crippen LogP contribution is 2.49. The lowest BCUT2D eigenvalue weighted by molar-refractivity contribution is 0.0173. The first kappa shape index (κ1) is 21.8. The number of benzene rings is 2. The van der Waals surface area contributed by atoms with E-state index in [-0.39, 0.29) is 23.4 Å². The fourth-order valence-electron chi connectivity index (χ4n) is 4.83. The van der Waals surface area contributed by atoms with Crippen molar-refractivity contribution in [1.82, 2.24) is 5.32 Å². The van der Waals surface area contributed by atoms with Gasteiger partial charge in [-0.1, -0.05) is 55.2 Å². The minimum Gasteiger partial charge on any atom is -0.378 e. The van der Waals surface area contributed by atoms with E-state index in [0.29, 0.717) is 5.92 Å². The van der Waals surface area contributed by atoms with Crippen LogP contribution in [0.5, 0.6) is 0 Å². The Bertz CT molecular complexity index is 939. The second-order valence-electron chi connectivity index (χ2n) is 8.85. The molecule has 1 aliphatic heterocycles. The molecular weight excluding hydrogens is 390 g/mol. The van der Waals surface area contributed by atoms with Crippen molar-refractivity contribution in [2.24, 2.45) is 11.8 Å². The molecule has 31 heavy (non-hydrogen) atoms. The van der Waals surface area contributed by atoms with Gasteiger partial charge in [0.15, 0.2) is 0 Å². The van der Waals surface area contributed by atoms with E-state index in [9.17, 15) is 8.78 Å². The van der Waals surface area contributed by atoms with Gasteiger partial charge in [-0.2, -0.15) is 0 Å². The van der Waals surface area contributed by atoms with E-state index in [1.165, 1.54) is 11.6 Å². The Labute approximate surface area is 184 Å². The highest BCUT2D eigenvalue weighted by atomic mass is 19.3. The summed E-state index contributed by atoms with van der Waals surface area (Å²) in [4.78, 5) is 0. The molecule has 0 bridgehead atoms. The minimum absolute atomic E-state index is 0.0285. The Hall–Kier alpha value is -2.38. The average molecular weight is 422 g/mol. The third-order valence-corrected chi connectivity index (χ3v) is 6.49. The van der Waals surface area contributed by atoms with Crippen LogP contribution in [0.3, 0.4) is 0 Å². The van der Waals surface area contributed by atoms with Gasteiger partial charge in [-0.25, -0.2) is 8.78 Å². The number of hydrogen-bond acceptors (Lipinski definition) is 2. The smallest absolute Gasteiger partial charge is 0.270 e. The Kier molecular flexibility index (Phi) is 6.62. The van der Waals surface area contributed by atoms with Crippen LogP contribution in [0.15, 0.2) is 48.5 Å². The second kappa shape index (κ2) is 9.40. The summed E-state index contributed by atoms with van der Waals surface area (Å²) >= 11 is 0. The minimum atomic E-state index is -2.86. The lowest BCUT2D eigenvalue weighted by Crippen LogP contribution is -2.34. The number of hydrogen-bond donors (Lipinski definition) is 2. The maximum absolute atomic E-state index is 14.1. The number of rotatable bonds is 6. The van der Waals surface area contributed by atoms with Crippen LogP contribution in [0.4, 0.5) is 14.5 Å². The third kappa shape index (κ3) is 4.93. The number of nitrogens with one attached hydrogen (secondary N) is 2. The van der Waals surface area contributed by atoms with Crippen LogP contribution < -0.4 is 10.6 Å². The van der Waals surface area contributed by atoms with Gasteiger partial charge in [0.25, 0.3) is 5.92 Å². The van der Waals surface area contributed by atoms with Crippen molar-refractivity contribution in [3.8, 4) is 11.8 Å². The van der Waals surface area contributed by atoms with Crippen LogP contribution in [0, 0.1) is 30.1 Å². The van der Waals surface area contributed by atoms with Gasteiger partial charge in [0.05, 0.1) is 6.04 Å². The molecule has 0 amide bonds. The summed E-state index contributed by atoms with van der Waals surface area (Å²) < 4.78 is 28.1. The molecule has 0 unspecified atom stereocenters. The summed E-state index contributed by atoms with van der Waals surface area (Å²) in [6.45, 7) is 5.03. The Morgan fingerprint density at radius 3 is 2.68 bits per heavy atom. The Balaban J connectivity index is 1.70. The van der Waals surface area contributed by atoms with E-state index in [1.54, 1.807) is 6.07 Å². The lowest BCUT2D eigenvalue weighted by atomic mass is 9.70. The highest BCUT2D eigenvalue weighted by Gasteiger charge is 2.39. The van der Waals surface area contributed by atoms with E-state index >= 15 is 0 Å². The molecule has 1 radical (unpaired) electrons. The molecule has 2 N–H and O–H groups in total. The van der Waals surface area contributed by atoms with Gasteiger partial charge in [0.1, 0.15) is 0 Å². The van der Waals surface area contributed by atoms with Crippen LogP contribution in [0.25, 0.3) is 0 Å². The predicted molar refractivity (Wildman–Crippen MR) is 123 cm³/mol. The second-order valence-corrected chi connectivity index (χ2v) is 8.85. The van der Waals surface area contributed by atoms with Gasteiger partial charge in [-0.05, 0) is 55.0 Å². The molecule has 0 saturated heterocycles. The third-order valence-electron chi connectivity index (χ3n) is 6.49. The quantitative estimate of drug-likeness (QED) is 0.424. The van der Waals surface area contributed by atoms with Crippen molar-refractivity contribution in [3.63, 3.8) is 0 Å². The standard InChI is InChI=1S/C27H31F2N2/c1-3-16-30-18-19-8-7-11-22-23(14-12-19)26(20-9-5-4-6-10-20)31-25-15-13-21(17-24(22)25)27(2,28)29/h4-6,9-11,13,15,17,19,22-23,26,30-31H,3,12,14,16,18H2,1-2H3/t19-,22+,23-,26+/m1/s1. The highest BCUT2D eigenvalue weighted by molar-refractivity contribution is 5.60. The summed E-state index contributed by atoms with van der Waals surface area (Å²) in [7, 11) is 0. The van der Waals surface area contributed by atoms with Gasteiger partial charge in [0.2, 0.25) is 0 Å². The molecule has 0 spiro atoms. The summed E-state index contributed by atoms with van der Waals surface area (Å²) in [6.07, 6.45) is 5.16. The molecule has 4 heteroatoms. The topological polar surface area (TPSA) is 24.1 Å². The van der Waals surface area contributed by atoms with Gasteiger partial charge < -0.3 is 10.6 Å². The molecule has 0 fully saturated rings. The van der Waals surface area contributed by atoms with E-state index in [2.05, 4.69) is 60.1 Å². The molecule has 1 aliphatic carbocycles. The monoisotopic (exact) mass is 421 g/mol. The number of halogens is 2. The maximum atomic E-state index is 14.1. The first-order chi connectivity index (χ1) is 15.0. The van der Waals surface area contributed by atoms with Crippen LogP contribution in [-0.2, 0) is 5.92 Å². The van der Waals surface area contributed by atoms with Crippen molar-refractivity contribution in [1.29, 1.82) is 0 Å². The zero-order chi connectivity index (χ0) is 21.8. The van der Waals surface area contributed by atoms with Crippen LogP contribution in [-0.4, -0.2) is 13.1 Å².